The molecule has 0 aliphatic carbocycles. The van der Waals surface area contributed by atoms with E-state index in [4.69, 9.17) is 9.40 Å². The van der Waals surface area contributed by atoms with E-state index in [-0.39, 0.29) is 11.5 Å². The zero-order valence-electron chi connectivity index (χ0n) is 23.3. The average Bonchev–Trinajstić information content (AvgIpc) is 3.71. The summed E-state index contributed by atoms with van der Waals surface area (Å²) in [5.41, 5.74) is 3.46. The van der Waals surface area contributed by atoms with Crippen LogP contribution in [0.1, 0.15) is 10.4 Å². The van der Waals surface area contributed by atoms with Crippen LogP contribution in [-0.4, -0.2) is 21.5 Å². The maximum absolute atomic E-state index is 13.3. The van der Waals surface area contributed by atoms with Gasteiger partial charge in [-0.2, -0.15) is 4.98 Å². The van der Waals surface area contributed by atoms with Crippen molar-refractivity contribution in [1.29, 1.82) is 0 Å². The maximum Gasteiger partial charge on any atom is 0.251 e. The number of hydrogen-bond donors (Lipinski definition) is 1. The summed E-state index contributed by atoms with van der Waals surface area (Å²) in [6, 6.07) is 49.4. The monoisotopic (exact) mass is 595 g/mol. The van der Waals surface area contributed by atoms with Gasteiger partial charge in [-0.05, 0) is 42.5 Å². The Bertz CT molecular complexity index is 1890. The van der Waals surface area contributed by atoms with Crippen molar-refractivity contribution in [2.24, 2.45) is 0 Å². The van der Waals surface area contributed by atoms with Gasteiger partial charge in [0, 0.05) is 22.7 Å². The van der Waals surface area contributed by atoms with Crippen molar-refractivity contribution in [2.45, 2.75) is 5.09 Å². The lowest BCUT2D eigenvalue weighted by atomic mass is 10.2. The first-order valence-electron chi connectivity index (χ1n) is 14.1. The molecule has 0 amide bonds. The van der Waals surface area contributed by atoms with Gasteiger partial charge >= 0.3 is 0 Å². The zero-order chi connectivity index (χ0) is 29.1. The van der Waals surface area contributed by atoms with Gasteiger partial charge < -0.3 is 9.40 Å². The van der Waals surface area contributed by atoms with Gasteiger partial charge in [-0.3, -0.25) is 4.79 Å². The first kappa shape index (κ1) is 27.2. The van der Waals surface area contributed by atoms with Crippen LogP contribution in [0.5, 0.6) is 0 Å². The molecular weight excluding hydrogens is 567 g/mol. The molecule has 0 saturated heterocycles. The van der Waals surface area contributed by atoms with Crippen molar-refractivity contribution in [2.75, 3.05) is 5.75 Å². The third-order valence-corrected chi connectivity index (χ3v) is 12.8. The highest BCUT2D eigenvalue weighted by molar-refractivity contribution is 8.04. The van der Waals surface area contributed by atoms with Gasteiger partial charge in [0.25, 0.3) is 5.44 Å². The number of nitrogens with zero attached hydrogens (tertiary/aromatic N) is 1. The summed E-state index contributed by atoms with van der Waals surface area (Å²) >= 11 is 1.42. The van der Waals surface area contributed by atoms with E-state index in [0.717, 1.165) is 21.9 Å². The molecule has 7 aromatic rings. The molecule has 5 aromatic carbocycles. The van der Waals surface area contributed by atoms with Crippen LogP contribution in [0.15, 0.2) is 161 Å². The van der Waals surface area contributed by atoms with Crippen LogP contribution in [0.25, 0.3) is 22.4 Å². The molecule has 0 unspecified atom stereocenters. The first-order valence-corrected chi connectivity index (χ1v) is 16.9. The van der Waals surface area contributed by atoms with Gasteiger partial charge in [0.15, 0.2) is 13.0 Å². The Morgan fingerprint density at radius 1 is 0.674 bits per heavy atom. The normalized spacial score (nSPS) is 11.5. The zero-order valence-corrected chi connectivity index (χ0v) is 25.0. The number of rotatable bonds is 9. The predicted molar refractivity (Wildman–Crippen MR) is 180 cm³/mol. The number of oxazole rings is 1. The smallest absolute Gasteiger partial charge is 0.251 e. The Balaban J connectivity index is 1.49. The minimum atomic E-state index is -2.56. The van der Waals surface area contributed by atoms with Crippen LogP contribution in [-0.2, 0) is 0 Å². The van der Waals surface area contributed by atoms with Crippen LogP contribution in [0, 0.1) is 0 Å². The summed E-state index contributed by atoms with van der Waals surface area (Å²) in [4.78, 5) is 22.1. The van der Waals surface area contributed by atoms with E-state index in [9.17, 15) is 4.79 Å². The lowest BCUT2D eigenvalue weighted by Gasteiger charge is -2.25. The molecule has 6 heteroatoms. The SMILES string of the molecule is O=C(CSc1oc(-c2c[nH]c3ccccc23)nc1[P+](c1ccccc1)(c1ccccc1)c1ccccc1)c1ccccc1. The summed E-state index contributed by atoms with van der Waals surface area (Å²) in [6.45, 7) is 0. The topological polar surface area (TPSA) is 58.9 Å². The summed E-state index contributed by atoms with van der Waals surface area (Å²) in [6.07, 6.45) is 1.96. The Labute approximate surface area is 255 Å². The van der Waals surface area contributed by atoms with E-state index in [0.29, 0.717) is 16.5 Å². The minimum absolute atomic E-state index is 0.0460. The number of ketones is 1. The van der Waals surface area contributed by atoms with E-state index in [1.165, 1.54) is 27.7 Å². The molecule has 2 heterocycles. The number of Topliss-reactive ketones (excluding diaryl/α,β-unsaturated/α-hetero) is 1. The quantitative estimate of drug-likeness (QED) is 0.107. The van der Waals surface area contributed by atoms with Gasteiger partial charge in [0.2, 0.25) is 11.0 Å². The van der Waals surface area contributed by atoms with Crippen molar-refractivity contribution in [3.8, 4) is 11.5 Å². The van der Waals surface area contributed by atoms with E-state index in [1.807, 2.05) is 72.9 Å². The summed E-state index contributed by atoms with van der Waals surface area (Å²) in [5.74, 6) is 0.816. The second-order valence-corrected chi connectivity index (χ2v) is 14.4. The molecule has 7 rings (SSSR count). The highest BCUT2D eigenvalue weighted by atomic mass is 32.2. The van der Waals surface area contributed by atoms with E-state index in [1.54, 1.807) is 0 Å². The third-order valence-electron chi connectivity index (χ3n) is 7.58. The number of hydrogen-bond acceptors (Lipinski definition) is 4. The number of carbonyl (C=O) groups is 1. The number of fused-ring (bicyclic) bond motifs is 1. The fourth-order valence-electron chi connectivity index (χ4n) is 5.58. The molecule has 43 heavy (non-hydrogen) atoms. The van der Waals surface area contributed by atoms with Crippen molar-refractivity contribution in [3.63, 3.8) is 0 Å². The molecule has 208 valence electrons. The minimum Gasteiger partial charge on any atom is -0.425 e. The lowest BCUT2D eigenvalue weighted by Crippen LogP contribution is -2.40. The number of carbonyl (C=O) groups excluding carboxylic acids is 1. The number of thioether (sulfide) groups is 1. The van der Waals surface area contributed by atoms with Gasteiger partial charge in [-0.25, -0.2) is 0 Å². The molecule has 0 aliphatic heterocycles. The molecule has 0 atom stereocenters. The number of aromatic nitrogens is 2. The number of nitrogens with one attached hydrogen (secondary N) is 1. The van der Waals surface area contributed by atoms with Gasteiger partial charge in [-0.1, -0.05) is 115 Å². The third kappa shape index (κ3) is 5.01. The summed E-state index contributed by atoms with van der Waals surface area (Å²) in [7, 11) is -2.56. The molecule has 0 spiro atoms. The van der Waals surface area contributed by atoms with Crippen LogP contribution < -0.4 is 21.3 Å². The van der Waals surface area contributed by atoms with Crippen molar-refractivity contribution < 1.29 is 9.21 Å². The Kier molecular flexibility index (Phi) is 7.51. The molecule has 1 N–H and O–H groups in total. The van der Waals surface area contributed by atoms with Crippen LogP contribution in [0.4, 0.5) is 0 Å². The van der Waals surface area contributed by atoms with Crippen LogP contribution in [0.2, 0.25) is 0 Å². The van der Waals surface area contributed by atoms with Gasteiger partial charge in [-0.15, -0.1) is 0 Å². The molecule has 2 aromatic heterocycles. The number of H-pyrrole nitrogens is 1. The van der Waals surface area contributed by atoms with Crippen LogP contribution in [0.3, 0.4) is 0 Å². The number of para-hydroxylation sites is 1. The Morgan fingerprint density at radius 3 is 1.77 bits per heavy atom. The highest BCUT2D eigenvalue weighted by Crippen LogP contribution is 2.56. The fraction of sp³-hybridized carbons (Fsp3) is 0.0270. The Hall–Kier alpha value is -4.70. The maximum atomic E-state index is 13.3. The van der Waals surface area contributed by atoms with Crippen molar-refractivity contribution in [1.82, 2.24) is 9.97 Å². The largest absolute Gasteiger partial charge is 0.425 e. The number of benzene rings is 5. The second-order valence-electron chi connectivity index (χ2n) is 10.1. The first-order chi connectivity index (χ1) is 21.2. The van der Waals surface area contributed by atoms with Crippen LogP contribution >= 0.6 is 19.0 Å². The number of aromatic amines is 1. The summed E-state index contributed by atoms with van der Waals surface area (Å²) < 4.78 is 6.73. The molecule has 0 saturated carbocycles. The molecule has 0 fully saturated rings. The molecule has 4 nitrogen and oxygen atoms in total. The van der Waals surface area contributed by atoms with Gasteiger partial charge in [0.1, 0.15) is 15.9 Å². The second kappa shape index (κ2) is 11.9. The lowest BCUT2D eigenvalue weighted by molar-refractivity contribution is 0.102. The highest BCUT2D eigenvalue weighted by Gasteiger charge is 2.53. The standard InChI is InChI=1S/C37H28N2O2PS/c40-34(27-15-5-1-6-16-27)26-43-37-36(39-35(41-37)32-25-38-33-24-14-13-23-31(32)33)42(28-17-7-2-8-18-28,29-19-9-3-10-20-29)30-21-11-4-12-22-30/h1-25,38H,26H2/q+1. The summed E-state index contributed by atoms with van der Waals surface area (Å²) in [5, 5.41) is 5.21. The molecule has 0 radical (unpaired) electrons. The molecular formula is C37H28N2O2PS+. The predicted octanol–water partition coefficient (Wildman–Crippen LogP) is 7.42. The van der Waals surface area contributed by atoms with E-state index >= 15 is 0 Å². The van der Waals surface area contributed by atoms with Crippen molar-refractivity contribution >= 4 is 57.1 Å². The van der Waals surface area contributed by atoms with E-state index in [2.05, 4.69) is 83.8 Å². The van der Waals surface area contributed by atoms with Crippen molar-refractivity contribution in [3.05, 3.63) is 157 Å². The van der Waals surface area contributed by atoms with E-state index < -0.39 is 7.26 Å². The fourth-order valence-corrected chi connectivity index (χ4v) is 11.0. The molecule has 0 bridgehead atoms. The van der Waals surface area contributed by atoms with Gasteiger partial charge in [0.05, 0.1) is 11.3 Å². The molecule has 0 aliphatic rings. The average molecular weight is 596 g/mol. The Morgan fingerprint density at radius 2 is 1.19 bits per heavy atom.